The Hall–Kier alpha value is -1.67. The molecule has 132 valence electrons. The molecular formula is C16H24N4O3S. The van der Waals surface area contributed by atoms with E-state index in [0.717, 1.165) is 56.0 Å². The molecule has 1 fully saturated rings. The van der Waals surface area contributed by atoms with Gasteiger partial charge in [-0.2, -0.15) is 0 Å². The molecule has 0 aromatic carbocycles. The van der Waals surface area contributed by atoms with E-state index in [9.17, 15) is 9.59 Å². The first-order valence-electron chi connectivity index (χ1n) is 8.49. The van der Waals surface area contributed by atoms with Crippen LogP contribution in [0.3, 0.4) is 0 Å². The largest absolute Gasteiger partial charge is 0.453 e. The third-order valence-corrected chi connectivity index (χ3v) is 5.52. The third-order valence-electron chi connectivity index (χ3n) is 4.52. The zero-order valence-corrected chi connectivity index (χ0v) is 14.9. The van der Waals surface area contributed by atoms with Crippen molar-refractivity contribution < 1.29 is 14.3 Å². The summed E-state index contributed by atoms with van der Waals surface area (Å²) in [5.41, 5.74) is 1.02. The van der Waals surface area contributed by atoms with E-state index in [4.69, 9.17) is 0 Å². The van der Waals surface area contributed by atoms with Gasteiger partial charge in [0.1, 0.15) is 0 Å². The Kier molecular flexibility index (Phi) is 5.68. The van der Waals surface area contributed by atoms with Crippen molar-refractivity contribution in [1.29, 1.82) is 0 Å². The monoisotopic (exact) mass is 352 g/mol. The number of likely N-dealkylation sites (tertiary alicyclic amines) is 1. The molecular weight excluding hydrogens is 328 g/mol. The van der Waals surface area contributed by atoms with Gasteiger partial charge in [0.15, 0.2) is 5.13 Å². The van der Waals surface area contributed by atoms with E-state index >= 15 is 0 Å². The lowest BCUT2D eigenvalue weighted by Gasteiger charge is -2.28. The van der Waals surface area contributed by atoms with Crippen molar-refractivity contribution in [3.8, 4) is 0 Å². The fourth-order valence-electron chi connectivity index (χ4n) is 3.19. The van der Waals surface area contributed by atoms with Gasteiger partial charge in [0.05, 0.1) is 19.3 Å². The van der Waals surface area contributed by atoms with Crippen LogP contribution in [0.15, 0.2) is 0 Å². The minimum atomic E-state index is -0.505. The number of rotatable bonds is 3. The van der Waals surface area contributed by atoms with E-state index in [2.05, 4.69) is 19.9 Å². The lowest BCUT2D eigenvalue weighted by molar-refractivity contribution is -0.132. The number of hydrogen-bond acceptors (Lipinski definition) is 6. The molecule has 0 aliphatic carbocycles. The van der Waals surface area contributed by atoms with Gasteiger partial charge in [-0.05, 0) is 12.8 Å². The molecule has 8 heteroatoms. The summed E-state index contributed by atoms with van der Waals surface area (Å²) >= 11 is 1.46. The van der Waals surface area contributed by atoms with Crippen molar-refractivity contribution in [3.05, 3.63) is 10.6 Å². The van der Waals surface area contributed by atoms with E-state index in [-0.39, 0.29) is 5.91 Å². The molecule has 2 aliphatic rings. The van der Waals surface area contributed by atoms with Crippen molar-refractivity contribution in [2.45, 2.75) is 38.6 Å². The normalized spacial score (nSPS) is 18.6. The van der Waals surface area contributed by atoms with Crippen LogP contribution < -0.4 is 5.32 Å². The van der Waals surface area contributed by atoms with Gasteiger partial charge in [-0.1, -0.05) is 24.2 Å². The molecule has 1 saturated heterocycles. The molecule has 0 saturated carbocycles. The minimum Gasteiger partial charge on any atom is -0.453 e. The van der Waals surface area contributed by atoms with Crippen LogP contribution in [-0.4, -0.2) is 60.1 Å². The number of carbonyl (C=O) groups is 2. The summed E-state index contributed by atoms with van der Waals surface area (Å²) in [6.07, 6.45) is 5.00. The number of carbonyl (C=O) groups excluding carboxylic acids is 2. The van der Waals surface area contributed by atoms with Crippen LogP contribution in [0.2, 0.25) is 0 Å². The Labute approximate surface area is 146 Å². The number of fused-ring (bicyclic) bond motifs is 1. The fourth-order valence-corrected chi connectivity index (χ4v) is 4.22. The van der Waals surface area contributed by atoms with Crippen LogP contribution in [0.25, 0.3) is 0 Å². The summed E-state index contributed by atoms with van der Waals surface area (Å²) in [5.74, 6) is 0.234. The average Bonchev–Trinajstić information content (AvgIpc) is 2.79. The highest BCUT2D eigenvalue weighted by atomic mass is 32.1. The van der Waals surface area contributed by atoms with E-state index < -0.39 is 6.09 Å². The molecule has 1 aromatic heterocycles. The van der Waals surface area contributed by atoms with Crippen LogP contribution in [0, 0.1) is 0 Å². The fraction of sp³-hybridized carbons (Fsp3) is 0.688. The second-order valence-corrected chi connectivity index (χ2v) is 7.34. The minimum absolute atomic E-state index is 0.234. The van der Waals surface area contributed by atoms with Crippen molar-refractivity contribution in [2.24, 2.45) is 0 Å². The molecule has 2 amide bonds. The van der Waals surface area contributed by atoms with Crippen LogP contribution in [-0.2, 0) is 22.5 Å². The molecule has 3 heterocycles. The van der Waals surface area contributed by atoms with Crippen LogP contribution in [0.4, 0.5) is 9.93 Å². The summed E-state index contributed by atoms with van der Waals surface area (Å²) in [4.78, 5) is 33.5. The molecule has 0 unspecified atom stereocenters. The molecule has 0 spiro atoms. The lowest BCUT2D eigenvalue weighted by atomic mass is 10.2. The van der Waals surface area contributed by atoms with Crippen LogP contribution >= 0.6 is 11.3 Å². The highest BCUT2D eigenvalue weighted by Crippen LogP contribution is 2.28. The molecule has 3 rings (SSSR count). The van der Waals surface area contributed by atoms with Gasteiger partial charge in [0.2, 0.25) is 5.91 Å². The first kappa shape index (κ1) is 17.2. The number of nitrogens with one attached hydrogen (secondary N) is 1. The summed E-state index contributed by atoms with van der Waals surface area (Å²) in [7, 11) is 1.33. The lowest BCUT2D eigenvalue weighted by Crippen LogP contribution is -2.42. The number of thiazole rings is 1. The van der Waals surface area contributed by atoms with Gasteiger partial charge < -0.3 is 9.64 Å². The quantitative estimate of drug-likeness (QED) is 0.901. The Bertz CT molecular complexity index is 596. The highest BCUT2D eigenvalue weighted by molar-refractivity contribution is 7.15. The van der Waals surface area contributed by atoms with Gasteiger partial charge in [-0.25, -0.2) is 9.78 Å². The Morgan fingerprint density at radius 1 is 1.21 bits per heavy atom. The number of aromatic nitrogens is 1. The smallest absolute Gasteiger partial charge is 0.413 e. The zero-order valence-electron chi connectivity index (χ0n) is 14.0. The Morgan fingerprint density at radius 2 is 1.96 bits per heavy atom. The maximum Gasteiger partial charge on any atom is 0.413 e. The van der Waals surface area contributed by atoms with Crippen LogP contribution in [0.5, 0.6) is 0 Å². The molecule has 0 radical (unpaired) electrons. The Morgan fingerprint density at radius 3 is 2.67 bits per heavy atom. The molecule has 24 heavy (non-hydrogen) atoms. The predicted molar refractivity (Wildman–Crippen MR) is 92.2 cm³/mol. The summed E-state index contributed by atoms with van der Waals surface area (Å²) < 4.78 is 4.59. The van der Waals surface area contributed by atoms with Gasteiger partial charge in [0, 0.05) is 37.5 Å². The predicted octanol–water partition coefficient (Wildman–Crippen LogP) is 2.08. The van der Waals surface area contributed by atoms with E-state index in [1.165, 1.54) is 31.3 Å². The van der Waals surface area contributed by atoms with Crippen molar-refractivity contribution >= 4 is 28.5 Å². The van der Waals surface area contributed by atoms with Gasteiger partial charge in [-0.15, -0.1) is 0 Å². The number of nitrogens with zero attached hydrogens (tertiary/aromatic N) is 3. The van der Waals surface area contributed by atoms with Gasteiger partial charge >= 0.3 is 6.09 Å². The van der Waals surface area contributed by atoms with E-state index in [0.29, 0.717) is 11.7 Å². The molecule has 2 aliphatic heterocycles. The number of ether oxygens (including phenoxy) is 1. The van der Waals surface area contributed by atoms with Crippen molar-refractivity contribution in [1.82, 2.24) is 14.8 Å². The molecule has 0 atom stereocenters. The molecule has 1 N–H and O–H groups in total. The first-order valence-corrected chi connectivity index (χ1v) is 9.31. The maximum absolute atomic E-state index is 12.5. The summed E-state index contributed by atoms with van der Waals surface area (Å²) in [6, 6.07) is 0. The second-order valence-electron chi connectivity index (χ2n) is 6.26. The highest BCUT2D eigenvalue weighted by Gasteiger charge is 2.25. The zero-order chi connectivity index (χ0) is 16.9. The number of anilines is 1. The average molecular weight is 352 g/mol. The van der Waals surface area contributed by atoms with Crippen LogP contribution in [0.1, 0.15) is 36.3 Å². The van der Waals surface area contributed by atoms with Gasteiger partial charge in [-0.3, -0.25) is 15.0 Å². The Balaban J connectivity index is 1.56. The van der Waals surface area contributed by atoms with Crippen molar-refractivity contribution in [3.63, 3.8) is 0 Å². The van der Waals surface area contributed by atoms with E-state index in [1.807, 2.05) is 4.90 Å². The first-order chi connectivity index (χ1) is 11.7. The number of hydrogen-bond donors (Lipinski definition) is 1. The molecule has 7 nitrogen and oxygen atoms in total. The maximum atomic E-state index is 12.5. The number of amides is 2. The molecule has 1 aromatic rings. The summed E-state index contributed by atoms with van der Waals surface area (Å²) in [6.45, 7) is 3.80. The SMILES string of the molecule is COC(=O)Nc1nc2c(s1)CN(CC(=O)N1CCCCCC1)CC2. The van der Waals surface area contributed by atoms with Crippen molar-refractivity contribution in [2.75, 3.05) is 38.6 Å². The third kappa shape index (κ3) is 4.24. The topological polar surface area (TPSA) is 74.8 Å². The van der Waals surface area contributed by atoms with Gasteiger partial charge in [0.25, 0.3) is 0 Å². The number of methoxy groups -OCH3 is 1. The standard InChI is InChI=1S/C16H24N4O3S/c1-23-16(22)18-15-17-12-6-9-19(10-13(12)24-15)11-14(21)20-7-4-2-3-5-8-20/h2-11H2,1H3,(H,17,18,22). The second kappa shape index (κ2) is 7.94. The molecule has 0 bridgehead atoms. The van der Waals surface area contributed by atoms with E-state index in [1.54, 1.807) is 0 Å². The summed E-state index contributed by atoms with van der Waals surface area (Å²) in [5, 5.41) is 3.18.